The Morgan fingerprint density at radius 1 is 1.12 bits per heavy atom. The van der Waals surface area contributed by atoms with Gasteiger partial charge in [0.25, 0.3) is 12.4 Å². The van der Waals surface area contributed by atoms with Crippen LogP contribution in [0.4, 0.5) is 11.6 Å². The summed E-state index contributed by atoms with van der Waals surface area (Å²) in [5.74, 6) is -0.182. The Morgan fingerprint density at radius 2 is 1.82 bits per heavy atom. The maximum absolute atomic E-state index is 11.2. The minimum atomic E-state index is -0.595. The Labute approximate surface area is 280 Å². The van der Waals surface area contributed by atoms with Crippen LogP contribution in [0.25, 0.3) is 28.3 Å². The van der Waals surface area contributed by atoms with Crippen molar-refractivity contribution >= 4 is 30.1 Å². The quantitative estimate of drug-likeness (QED) is 0.0524. The Hall–Kier alpha value is -6.37. The highest BCUT2D eigenvalue weighted by molar-refractivity contribution is 5.91. The average Bonchev–Trinajstić information content (AvgIpc) is 3.13. The van der Waals surface area contributed by atoms with E-state index in [1.807, 2.05) is 24.3 Å². The number of carbonyl (C=O) groups is 2. The summed E-state index contributed by atoms with van der Waals surface area (Å²) in [6.45, 7) is 1.71. The number of phenolic OH excluding ortho intramolecular Hbond substituents is 1. The van der Waals surface area contributed by atoms with Crippen molar-refractivity contribution < 1.29 is 34.7 Å². The van der Waals surface area contributed by atoms with Gasteiger partial charge in [-0.2, -0.15) is 5.26 Å². The molecule has 2 aromatic carbocycles. The monoisotopic (exact) mass is 667 g/mol. The number of benzene rings is 2. The summed E-state index contributed by atoms with van der Waals surface area (Å²) in [7, 11) is 1.45. The molecule has 0 bridgehead atoms. The van der Waals surface area contributed by atoms with E-state index in [1.165, 1.54) is 31.5 Å². The van der Waals surface area contributed by atoms with Crippen LogP contribution in [0, 0.1) is 21.4 Å². The van der Waals surface area contributed by atoms with E-state index < -0.39 is 10.8 Å². The van der Waals surface area contributed by atoms with Gasteiger partial charge in [-0.05, 0) is 63.7 Å². The van der Waals surface area contributed by atoms with Gasteiger partial charge in [0.05, 0.1) is 7.11 Å². The molecule has 3 heterocycles. The lowest BCUT2D eigenvalue weighted by Gasteiger charge is -2.34. The Balaban J connectivity index is 0.00000174. The van der Waals surface area contributed by atoms with Gasteiger partial charge in [0, 0.05) is 60.7 Å². The van der Waals surface area contributed by atoms with Gasteiger partial charge < -0.3 is 35.3 Å². The van der Waals surface area contributed by atoms with Gasteiger partial charge in [-0.1, -0.05) is 30.3 Å². The maximum Gasteiger partial charge on any atom is 0.363 e. The Morgan fingerprint density at radius 3 is 2.39 bits per heavy atom. The number of nitrogens with zero attached hydrogens (tertiary/aromatic N) is 5. The summed E-state index contributed by atoms with van der Waals surface area (Å²) >= 11 is 0. The molecule has 5 rings (SSSR count). The summed E-state index contributed by atoms with van der Waals surface area (Å²) in [6.07, 6.45) is 7.50. The first-order chi connectivity index (χ1) is 23.7. The fourth-order valence-corrected chi connectivity index (χ4v) is 5.38. The zero-order chi connectivity index (χ0) is 35.3. The second kappa shape index (κ2) is 17.0. The number of ether oxygens (including phenoxy) is 1. The lowest BCUT2D eigenvalue weighted by atomic mass is 9.92. The molecule has 2 aromatic heterocycles. The Kier molecular flexibility index (Phi) is 12.3. The number of phenols is 1. The van der Waals surface area contributed by atoms with E-state index in [-0.39, 0.29) is 24.1 Å². The van der Waals surface area contributed by atoms with Gasteiger partial charge in [0.15, 0.2) is 11.5 Å². The van der Waals surface area contributed by atoms with Crippen LogP contribution in [-0.4, -0.2) is 68.9 Å². The minimum absolute atomic E-state index is 0.0789. The second-order valence-electron chi connectivity index (χ2n) is 10.7. The largest absolute Gasteiger partial charge is 0.504 e. The number of hydrogen-bond acceptors (Lipinski definition) is 12. The van der Waals surface area contributed by atoms with Crippen LogP contribution >= 0.6 is 0 Å². The number of nitriles is 1. The summed E-state index contributed by atoms with van der Waals surface area (Å²) in [5, 5.41) is 51.2. The topological polar surface area (TPSA) is 224 Å². The number of carbonyl (C=O) groups excluding carboxylic acids is 1. The first kappa shape index (κ1) is 35.5. The normalized spacial score (nSPS) is 12.8. The molecule has 15 heteroatoms. The zero-order valence-electron chi connectivity index (χ0n) is 26.3. The number of anilines is 1. The first-order valence-corrected chi connectivity index (χ1v) is 14.9. The van der Waals surface area contributed by atoms with Gasteiger partial charge in [0.2, 0.25) is 0 Å². The van der Waals surface area contributed by atoms with Crippen molar-refractivity contribution in [2.75, 3.05) is 25.1 Å². The average molecular weight is 668 g/mol. The number of hydrogen-bond donors (Lipinski definition) is 5. The SMILES string of the molecule is COc1ccc(-c2cnc(N3CCC(NCc4ccc(/C=C/C(=O)NO)cc4)CC3)c(C#N)c2-c2ccc([N+](=O)[O-])nc2)cc1O.O=CO. The third kappa shape index (κ3) is 8.92. The molecule has 1 amide bonds. The molecule has 1 aliphatic rings. The molecule has 5 N–H and O–H groups in total. The molecule has 0 atom stereocenters. The number of nitro groups is 1. The molecule has 0 radical (unpaired) electrons. The number of hydroxylamine groups is 1. The van der Waals surface area contributed by atoms with E-state index in [2.05, 4.69) is 21.3 Å². The first-order valence-electron chi connectivity index (χ1n) is 14.9. The number of amides is 1. The molecule has 49 heavy (non-hydrogen) atoms. The molecular formula is C34H33N7O8. The predicted octanol–water partition coefficient (Wildman–Crippen LogP) is 4.28. The van der Waals surface area contributed by atoms with Crippen LogP contribution in [0.1, 0.15) is 29.5 Å². The predicted molar refractivity (Wildman–Crippen MR) is 179 cm³/mol. The molecule has 1 saturated heterocycles. The lowest BCUT2D eigenvalue weighted by Crippen LogP contribution is -2.42. The molecule has 4 aromatic rings. The van der Waals surface area contributed by atoms with Crippen LogP contribution in [0.2, 0.25) is 0 Å². The molecule has 0 saturated carbocycles. The number of pyridine rings is 2. The number of nitrogens with one attached hydrogen (secondary N) is 2. The van der Waals surface area contributed by atoms with E-state index in [0.717, 1.165) is 24.0 Å². The van der Waals surface area contributed by atoms with Crippen molar-refractivity contribution in [2.24, 2.45) is 0 Å². The number of rotatable bonds is 10. The molecule has 1 fully saturated rings. The van der Waals surface area contributed by atoms with Crippen molar-refractivity contribution in [3.8, 4) is 39.8 Å². The highest BCUT2D eigenvalue weighted by atomic mass is 16.6. The second-order valence-corrected chi connectivity index (χ2v) is 10.7. The van der Waals surface area contributed by atoms with Crippen LogP contribution in [0.3, 0.4) is 0 Å². The Bertz CT molecular complexity index is 1850. The van der Waals surface area contributed by atoms with Gasteiger partial charge in [-0.25, -0.2) is 10.5 Å². The van der Waals surface area contributed by atoms with Gasteiger partial charge in [0.1, 0.15) is 23.6 Å². The van der Waals surface area contributed by atoms with Crippen LogP contribution in [0.5, 0.6) is 11.5 Å². The van der Waals surface area contributed by atoms with Crippen LogP contribution in [0.15, 0.2) is 73.1 Å². The summed E-state index contributed by atoms with van der Waals surface area (Å²) in [5.41, 5.74) is 5.94. The van der Waals surface area contributed by atoms with E-state index >= 15 is 0 Å². The fourth-order valence-electron chi connectivity index (χ4n) is 5.38. The van der Waals surface area contributed by atoms with Crippen LogP contribution < -0.4 is 20.4 Å². The van der Waals surface area contributed by atoms with Gasteiger partial charge in [-0.15, -0.1) is 0 Å². The number of aromatic hydroxyl groups is 1. The fraction of sp³-hybridized carbons (Fsp3) is 0.206. The molecule has 1 aliphatic heterocycles. The molecule has 15 nitrogen and oxygen atoms in total. The van der Waals surface area contributed by atoms with Crippen molar-refractivity contribution in [3.63, 3.8) is 0 Å². The highest BCUT2D eigenvalue weighted by Crippen LogP contribution is 2.41. The van der Waals surface area contributed by atoms with Crippen molar-refractivity contribution in [1.82, 2.24) is 20.8 Å². The number of carboxylic acid groups (broad SMARTS) is 1. The summed E-state index contributed by atoms with van der Waals surface area (Å²) < 4.78 is 5.18. The van der Waals surface area contributed by atoms with Crippen molar-refractivity contribution in [2.45, 2.75) is 25.4 Å². The molecule has 0 spiro atoms. The minimum Gasteiger partial charge on any atom is -0.504 e. The van der Waals surface area contributed by atoms with Gasteiger partial charge in [-0.3, -0.25) is 14.8 Å². The smallest absolute Gasteiger partial charge is 0.363 e. The van der Waals surface area contributed by atoms with Gasteiger partial charge >= 0.3 is 5.82 Å². The van der Waals surface area contributed by atoms with Crippen molar-refractivity contribution in [1.29, 1.82) is 5.26 Å². The van der Waals surface area contributed by atoms with E-state index in [1.54, 1.807) is 36.0 Å². The summed E-state index contributed by atoms with van der Waals surface area (Å²) in [6, 6.07) is 18.0. The number of aromatic nitrogens is 2. The molecular weight excluding hydrogens is 634 g/mol. The maximum atomic E-state index is 11.2. The lowest BCUT2D eigenvalue weighted by molar-refractivity contribution is -0.389. The third-order valence-corrected chi connectivity index (χ3v) is 7.79. The van der Waals surface area contributed by atoms with Crippen LogP contribution in [-0.2, 0) is 16.1 Å². The highest BCUT2D eigenvalue weighted by Gasteiger charge is 2.26. The summed E-state index contributed by atoms with van der Waals surface area (Å²) in [4.78, 5) is 41.0. The third-order valence-electron chi connectivity index (χ3n) is 7.79. The van der Waals surface area contributed by atoms with E-state index in [0.29, 0.717) is 59.0 Å². The zero-order valence-corrected chi connectivity index (χ0v) is 26.3. The molecule has 0 unspecified atom stereocenters. The molecule has 0 aliphatic carbocycles. The van der Waals surface area contributed by atoms with E-state index in [9.17, 15) is 25.3 Å². The standard InChI is InChI=1S/C33H31N7O6.CH2O2/c1-46-29-9-7-23(16-28(29)41)27-20-37-33(26(17-34)32(27)24-8-10-30(36-19-24)40(44)45)39-14-12-25(13-15-39)35-18-22-4-2-21(3-5-22)6-11-31(42)38-43;2-1-3/h2-11,16,19-20,25,35,41,43H,12-15,18H2,1H3,(H,38,42);1H,(H,2,3)/b11-6+;. The number of piperidine rings is 1. The van der Waals surface area contributed by atoms with Crippen molar-refractivity contribution in [3.05, 3.63) is 99.9 Å². The van der Waals surface area contributed by atoms with E-state index in [4.69, 9.17) is 24.8 Å². The number of methoxy groups -OCH3 is 1. The molecule has 252 valence electrons.